The number of hydrogen-bond donors (Lipinski definition) is 2. The largest absolute Gasteiger partial charge is 0.463 e. The molecule has 1 amide bonds. The minimum Gasteiger partial charge on any atom is -0.463 e. The van der Waals surface area contributed by atoms with Crippen molar-refractivity contribution in [1.29, 1.82) is 0 Å². The number of rotatable bonds is 5. The van der Waals surface area contributed by atoms with E-state index in [0.29, 0.717) is 12.1 Å². The summed E-state index contributed by atoms with van der Waals surface area (Å²) in [5.41, 5.74) is 5.86. The van der Waals surface area contributed by atoms with Crippen molar-refractivity contribution in [2.24, 2.45) is 0 Å². The molecule has 0 bridgehead atoms. The number of amides is 1. The van der Waals surface area contributed by atoms with Gasteiger partial charge in [-0.2, -0.15) is 0 Å². The lowest BCUT2D eigenvalue weighted by Crippen LogP contribution is -3.12. The summed E-state index contributed by atoms with van der Waals surface area (Å²) in [7, 11) is 0. The van der Waals surface area contributed by atoms with Crippen LogP contribution >= 0.6 is 0 Å². The number of aryl methyl sites for hydroxylation is 2. The quantitative estimate of drug-likeness (QED) is 0.720. The van der Waals surface area contributed by atoms with Gasteiger partial charge in [0, 0.05) is 17.5 Å². The summed E-state index contributed by atoms with van der Waals surface area (Å²) in [5.74, 6) is 0.895. The summed E-state index contributed by atoms with van der Waals surface area (Å²) in [4.78, 5) is 14.1. The Balaban J connectivity index is 1.50. The van der Waals surface area contributed by atoms with Crippen molar-refractivity contribution in [2.75, 3.05) is 13.1 Å². The van der Waals surface area contributed by atoms with Crippen molar-refractivity contribution in [3.05, 3.63) is 94.4 Å². The van der Waals surface area contributed by atoms with Crippen LogP contribution in [0.1, 0.15) is 44.4 Å². The number of carbonyl (C=O) groups is 1. The van der Waals surface area contributed by atoms with E-state index in [1.165, 1.54) is 21.6 Å². The van der Waals surface area contributed by atoms with Gasteiger partial charge in [0.15, 0.2) is 11.8 Å². The van der Waals surface area contributed by atoms with Crippen molar-refractivity contribution in [1.82, 2.24) is 5.32 Å². The fourth-order valence-electron chi connectivity index (χ4n) is 4.01. The molecule has 4 nitrogen and oxygen atoms in total. The van der Waals surface area contributed by atoms with Crippen LogP contribution < -0.4 is 10.2 Å². The van der Waals surface area contributed by atoms with E-state index in [9.17, 15) is 4.79 Å². The van der Waals surface area contributed by atoms with Crippen molar-refractivity contribution in [3.8, 4) is 0 Å². The van der Waals surface area contributed by atoms with Crippen molar-refractivity contribution in [2.45, 2.75) is 32.9 Å². The van der Waals surface area contributed by atoms with E-state index in [2.05, 4.69) is 36.5 Å². The van der Waals surface area contributed by atoms with Gasteiger partial charge in [-0.25, -0.2) is 0 Å². The zero-order valence-corrected chi connectivity index (χ0v) is 16.5. The summed E-state index contributed by atoms with van der Waals surface area (Å²) in [6.45, 7) is 6.62. The first kappa shape index (κ1) is 18.5. The fraction of sp³-hybridized carbons (Fsp3) is 0.292. The lowest BCUT2D eigenvalue weighted by molar-refractivity contribution is -0.946. The average Bonchev–Trinajstić information content (AvgIpc) is 3.24. The molecule has 0 aliphatic carbocycles. The molecule has 4 heteroatoms. The van der Waals surface area contributed by atoms with Crippen molar-refractivity contribution in [3.63, 3.8) is 0 Å². The molecule has 0 radical (unpaired) electrons. The molecule has 144 valence electrons. The highest BCUT2D eigenvalue weighted by Gasteiger charge is 2.30. The van der Waals surface area contributed by atoms with E-state index in [1.807, 2.05) is 37.3 Å². The molecule has 1 aliphatic rings. The number of nitrogens with one attached hydrogen (secondary N) is 2. The van der Waals surface area contributed by atoms with E-state index < -0.39 is 0 Å². The highest BCUT2D eigenvalue weighted by Crippen LogP contribution is 2.16. The van der Waals surface area contributed by atoms with E-state index >= 15 is 0 Å². The van der Waals surface area contributed by atoms with E-state index in [0.717, 1.165) is 30.8 Å². The molecule has 0 fully saturated rings. The molecule has 2 heterocycles. The summed E-state index contributed by atoms with van der Waals surface area (Å²) in [6, 6.07) is 18.5. The molecule has 2 aromatic carbocycles. The van der Waals surface area contributed by atoms with Gasteiger partial charge in [-0.1, -0.05) is 30.3 Å². The molecule has 2 atom stereocenters. The second-order valence-electron chi connectivity index (χ2n) is 7.68. The number of benzene rings is 2. The highest BCUT2D eigenvalue weighted by molar-refractivity contribution is 5.94. The van der Waals surface area contributed by atoms with Gasteiger partial charge in [0.05, 0.1) is 19.4 Å². The van der Waals surface area contributed by atoms with Gasteiger partial charge in [-0.15, -0.1) is 0 Å². The van der Waals surface area contributed by atoms with E-state index in [4.69, 9.17) is 4.42 Å². The van der Waals surface area contributed by atoms with Gasteiger partial charge in [-0.3, -0.25) is 4.79 Å². The molecular formula is C24H27N2O2+. The Morgan fingerprint density at radius 1 is 1.07 bits per heavy atom. The maximum atomic E-state index is 12.7. The Hall–Kier alpha value is -2.85. The van der Waals surface area contributed by atoms with Crippen LogP contribution in [-0.2, 0) is 13.0 Å². The Labute approximate surface area is 166 Å². The third-order valence-electron chi connectivity index (χ3n) is 5.87. The molecule has 0 saturated carbocycles. The van der Waals surface area contributed by atoms with Crippen LogP contribution in [0.15, 0.2) is 65.3 Å². The second-order valence-corrected chi connectivity index (χ2v) is 7.68. The molecular weight excluding hydrogens is 348 g/mol. The van der Waals surface area contributed by atoms with Crippen LogP contribution in [0.2, 0.25) is 0 Å². The van der Waals surface area contributed by atoms with E-state index in [1.54, 1.807) is 6.26 Å². The van der Waals surface area contributed by atoms with Crippen molar-refractivity contribution >= 4 is 5.91 Å². The minimum atomic E-state index is -0.0311. The number of fused-ring (bicyclic) bond motifs is 1. The zero-order chi connectivity index (χ0) is 19.5. The summed E-state index contributed by atoms with van der Waals surface area (Å²) in [5, 5.41) is 3.14. The predicted octanol–water partition coefficient (Wildman–Crippen LogP) is 3.01. The number of furan rings is 1. The Kier molecular flexibility index (Phi) is 5.31. The van der Waals surface area contributed by atoms with Crippen LogP contribution in [0.4, 0.5) is 0 Å². The third-order valence-corrected chi connectivity index (χ3v) is 5.87. The summed E-state index contributed by atoms with van der Waals surface area (Å²) < 4.78 is 5.74. The van der Waals surface area contributed by atoms with Crippen LogP contribution in [-0.4, -0.2) is 19.0 Å². The third kappa shape index (κ3) is 3.87. The maximum absolute atomic E-state index is 12.7. The van der Waals surface area contributed by atoms with Gasteiger partial charge in [0.25, 0.3) is 5.91 Å². The zero-order valence-electron chi connectivity index (χ0n) is 16.5. The Morgan fingerprint density at radius 2 is 1.89 bits per heavy atom. The molecule has 3 aromatic rings. The molecule has 1 unspecified atom stereocenters. The highest BCUT2D eigenvalue weighted by atomic mass is 16.3. The SMILES string of the molecule is Cc1ccc(C(=O)NC[C@H](c2ccco2)[NH+]2CCc3ccccc3C2)cc1C. The van der Waals surface area contributed by atoms with Gasteiger partial charge < -0.3 is 14.6 Å². The molecule has 2 N–H and O–H groups in total. The van der Waals surface area contributed by atoms with Crippen LogP contribution in [0, 0.1) is 13.8 Å². The van der Waals surface area contributed by atoms with Crippen LogP contribution in [0.5, 0.6) is 0 Å². The first-order valence-corrected chi connectivity index (χ1v) is 9.92. The maximum Gasteiger partial charge on any atom is 0.251 e. The Bertz CT molecular complexity index is 962. The molecule has 1 aliphatic heterocycles. The molecule has 28 heavy (non-hydrogen) atoms. The number of hydrogen-bond acceptors (Lipinski definition) is 2. The molecule has 4 rings (SSSR count). The number of quaternary nitrogens is 1. The van der Waals surface area contributed by atoms with Crippen molar-refractivity contribution < 1.29 is 14.1 Å². The average molecular weight is 375 g/mol. The first-order chi connectivity index (χ1) is 13.6. The predicted molar refractivity (Wildman–Crippen MR) is 109 cm³/mol. The Morgan fingerprint density at radius 3 is 2.64 bits per heavy atom. The summed E-state index contributed by atoms with van der Waals surface area (Å²) >= 11 is 0. The molecule has 0 spiro atoms. The molecule has 0 saturated heterocycles. The summed E-state index contributed by atoms with van der Waals surface area (Å²) in [6.07, 6.45) is 2.76. The van der Waals surface area contributed by atoms with Gasteiger partial charge in [0.1, 0.15) is 6.54 Å². The lowest BCUT2D eigenvalue weighted by atomic mass is 9.98. The van der Waals surface area contributed by atoms with Gasteiger partial charge in [0.2, 0.25) is 0 Å². The molecule has 1 aromatic heterocycles. The monoisotopic (exact) mass is 375 g/mol. The fourth-order valence-corrected chi connectivity index (χ4v) is 4.01. The van der Waals surface area contributed by atoms with Crippen LogP contribution in [0.3, 0.4) is 0 Å². The topological polar surface area (TPSA) is 46.7 Å². The van der Waals surface area contributed by atoms with Gasteiger partial charge >= 0.3 is 0 Å². The standard InChI is InChI=1S/C24H26N2O2/c1-17-9-10-20(14-18(17)2)24(27)25-15-22(23-8-5-13-28-23)26-12-11-19-6-3-4-7-21(19)16-26/h3-10,13-14,22H,11-12,15-16H2,1-2H3,(H,25,27)/p+1/t22-/m1/s1. The second kappa shape index (κ2) is 8.03. The minimum absolute atomic E-state index is 0.0311. The lowest BCUT2D eigenvalue weighted by Gasteiger charge is -2.31. The normalized spacial score (nSPS) is 17.0. The number of carbonyl (C=O) groups excluding carboxylic acids is 1. The van der Waals surface area contributed by atoms with E-state index in [-0.39, 0.29) is 11.9 Å². The van der Waals surface area contributed by atoms with Gasteiger partial charge in [-0.05, 0) is 54.8 Å². The van der Waals surface area contributed by atoms with Crippen LogP contribution in [0.25, 0.3) is 0 Å². The smallest absolute Gasteiger partial charge is 0.251 e. The first-order valence-electron chi connectivity index (χ1n) is 9.92.